The first-order valence-corrected chi connectivity index (χ1v) is 11.0. The molecule has 3 aromatic rings. The number of hydrogen-bond acceptors (Lipinski definition) is 9. The summed E-state index contributed by atoms with van der Waals surface area (Å²) in [6, 6.07) is 7.09. The van der Waals surface area contributed by atoms with Gasteiger partial charge in [-0.1, -0.05) is 16.8 Å². The Morgan fingerprint density at radius 2 is 1.94 bits per heavy atom. The zero-order valence-corrected chi connectivity index (χ0v) is 18.2. The van der Waals surface area contributed by atoms with Crippen LogP contribution < -0.4 is 14.6 Å². The second-order valence-corrected chi connectivity index (χ2v) is 8.32. The van der Waals surface area contributed by atoms with E-state index in [1.165, 1.54) is 0 Å². The third-order valence-electron chi connectivity index (χ3n) is 5.02. The lowest BCUT2D eigenvalue weighted by molar-refractivity contribution is 0.301. The molecular weight excluding hydrogens is 436 g/mol. The van der Waals surface area contributed by atoms with Gasteiger partial charge in [0, 0.05) is 24.4 Å². The van der Waals surface area contributed by atoms with Gasteiger partial charge in [-0.3, -0.25) is 5.41 Å². The molecule has 0 unspecified atom stereocenters. The maximum atomic E-state index is 7.23. The van der Waals surface area contributed by atoms with Crippen LogP contribution in [0.25, 0.3) is 0 Å². The van der Waals surface area contributed by atoms with Crippen LogP contribution >= 0.6 is 22.9 Å². The molecule has 0 amide bonds. The first-order valence-electron chi connectivity index (χ1n) is 9.73. The molecule has 0 saturated carbocycles. The highest BCUT2D eigenvalue weighted by atomic mass is 35.5. The van der Waals surface area contributed by atoms with E-state index in [4.69, 9.17) is 32.3 Å². The van der Waals surface area contributed by atoms with Crippen LogP contribution in [0.15, 0.2) is 47.3 Å². The standard InChI is InChI=1S/C20H21ClN8OS/c21-15-9-24-20(25-10-15)28-7-5-14(6-8-28)19-26-16(12-31-19)11-30-18-3-1-17(2-4-18)29(13-22)27-23/h1-4,9-10,12-14,22-23H,5-8,11H2. The van der Waals surface area contributed by atoms with Crippen molar-refractivity contribution in [1.29, 1.82) is 10.9 Å². The highest BCUT2D eigenvalue weighted by Gasteiger charge is 2.24. The molecule has 0 radical (unpaired) electrons. The maximum Gasteiger partial charge on any atom is 0.225 e. The lowest BCUT2D eigenvalue weighted by Gasteiger charge is -2.31. The lowest BCUT2D eigenvalue weighted by atomic mass is 9.98. The van der Waals surface area contributed by atoms with Gasteiger partial charge in [-0.25, -0.2) is 20.0 Å². The molecule has 0 atom stereocenters. The Labute approximate surface area is 188 Å². The van der Waals surface area contributed by atoms with Gasteiger partial charge in [0.2, 0.25) is 5.95 Å². The van der Waals surface area contributed by atoms with Crippen molar-refractivity contribution < 1.29 is 4.74 Å². The van der Waals surface area contributed by atoms with Gasteiger partial charge in [0.15, 0.2) is 0 Å². The lowest BCUT2D eigenvalue weighted by Crippen LogP contribution is -2.34. The van der Waals surface area contributed by atoms with Gasteiger partial charge in [0.05, 0.1) is 33.8 Å². The van der Waals surface area contributed by atoms with Crippen LogP contribution in [0.2, 0.25) is 5.02 Å². The minimum atomic E-state index is 0.393. The number of halogens is 1. The van der Waals surface area contributed by atoms with E-state index in [1.807, 2.05) is 5.38 Å². The molecule has 4 rings (SSSR count). The molecule has 9 nitrogen and oxygen atoms in total. The zero-order chi connectivity index (χ0) is 21.6. The first kappa shape index (κ1) is 21.1. The molecule has 0 bridgehead atoms. The molecule has 3 heterocycles. The van der Waals surface area contributed by atoms with E-state index < -0.39 is 0 Å². The van der Waals surface area contributed by atoms with Crippen molar-refractivity contribution in [3.63, 3.8) is 0 Å². The van der Waals surface area contributed by atoms with Crippen molar-refractivity contribution in [2.45, 2.75) is 25.4 Å². The van der Waals surface area contributed by atoms with Gasteiger partial charge < -0.3 is 9.64 Å². The fourth-order valence-corrected chi connectivity index (χ4v) is 4.46. The summed E-state index contributed by atoms with van der Waals surface area (Å²) in [5, 5.41) is 15.4. The Hall–Kier alpha value is -3.11. The molecule has 1 fully saturated rings. The summed E-state index contributed by atoms with van der Waals surface area (Å²) in [7, 11) is 0. The van der Waals surface area contributed by atoms with Crippen LogP contribution in [-0.4, -0.2) is 34.4 Å². The minimum absolute atomic E-state index is 0.393. The summed E-state index contributed by atoms with van der Waals surface area (Å²) in [4.78, 5) is 15.6. The highest BCUT2D eigenvalue weighted by molar-refractivity contribution is 7.09. The molecule has 0 aliphatic carbocycles. The second kappa shape index (κ2) is 9.80. The largest absolute Gasteiger partial charge is 0.487 e. The van der Waals surface area contributed by atoms with E-state index in [2.05, 4.69) is 20.1 Å². The van der Waals surface area contributed by atoms with Crippen molar-refractivity contribution in [3.05, 3.63) is 57.8 Å². The number of piperidine rings is 1. The number of benzene rings is 1. The summed E-state index contributed by atoms with van der Waals surface area (Å²) < 4.78 is 5.83. The fourth-order valence-electron chi connectivity index (χ4n) is 3.39. The van der Waals surface area contributed by atoms with E-state index in [9.17, 15) is 0 Å². The quantitative estimate of drug-likeness (QED) is 0.215. The molecule has 1 aliphatic rings. The van der Waals surface area contributed by atoms with Gasteiger partial charge in [-0.2, -0.15) is 5.53 Å². The number of aromatic nitrogens is 3. The molecule has 1 aromatic carbocycles. The number of thiazole rings is 1. The predicted octanol–water partition coefficient (Wildman–Crippen LogP) is 4.91. The van der Waals surface area contributed by atoms with Crippen molar-refractivity contribution in [2.75, 3.05) is 23.0 Å². The SMILES string of the molecule is N=CN(N=N)c1ccc(OCc2csc(C3CCN(c4ncc(Cl)cn4)CC3)n2)cc1. The van der Waals surface area contributed by atoms with Gasteiger partial charge in [0.25, 0.3) is 0 Å². The van der Waals surface area contributed by atoms with Crippen molar-refractivity contribution in [2.24, 2.45) is 5.22 Å². The second-order valence-electron chi connectivity index (χ2n) is 7.00. The Balaban J connectivity index is 1.29. The Kier molecular flexibility index (Phi) is 6.68. The summed E-state index contributed by atoms with van der Waals surface area (Å²) >= 11 is 7.55. The van der Waals surface area contributed by atoms with Gasteiger partial charge in [0.1, 0.15) is 18.7 Å². The van der Waals surface area contributed by atoms with Gasteiger partial charge in [-0.15, -0.1) is 11.3 Å². The molecular formula is C20H21ClN8OS. The first-order chi connectivity index (χ1) is 15.2. The number of hydrogen-bond donors (Lipinski definition) is 2. The summed E-state index contributed by atoms with van der Waals surface area (Å²) in [5.41, 5.74) is 8.58. The minimum Gasteiger partial charge on any atom is -0.487 e. The molecule has 0 spiro atoms. The molecule has 2 N–H and O–H groups in total. The number of nitrogens with one attached hydrogen (secondary N) is 2. The maximum absolute atomic E-state index is 7.23. The van der Waals surface area contributed by atoms with Crippen LogP contribution in [0.5, 0.6) is 5.75 Å². The molecule has 160 valence electrons. The Morgan fingerprint density at radius 1 is 1.23 bits per heavy atom. The normalized spacial score (nSPS) is 14.3. The topological polar surface area (TPSA) is 114 Å². The van der Waals surface area contributed by atoms with E-state index in [1.54, 1.807) is 48.0 Å². The Bertz CT molecular complexity index is 1010. The number of nitrogens with zero attached hydrogens (tertiary/aromatic N) is 6. The fraction of sp³-hybridized carbons (Fsp3) is 0.300. The van der Waals surface area contributed by atoms with Crippen LogP contribution in [0.1, 0.15) is 29.5 Å². The van der Waals surface area contributed by atoms with Crippen LogP contribution in [0.3, 0.4) is 0 Å². The van der Waals surface area contributed by atoms with E-state index >= 15 is 0 Å². The Morgan fingerprint density at radius 3 is 2.58 bits per heavy atom. The van der Waals surface area contributed by atoms with E-state index in [-0.39, 0.29) is 0 Å². The smallest absolute Gasteiger partial charge is 0.225 e. The van der Waals surface area contributed by atoms with E-state index in [0.29, 0.717) is 29.0 Å². The summed E-state index contributed by atoms with van der Waals surface area (Å²) in [5.74, 6) is 1.86. The number of ether oxygens (including phenoxy) is 1. The van der Waals surface area contributed by atoms with Crippen LogP contribution in [-0.2, 0) is 6.61 Å². The molecule has 1 aliphatic heterocycles. The average molecular weight is 457 g/mol. The summed E-state index contributed by atoms with van der Waals surface area (Å²) in [6.45, 7) is 2.17. The van der Waals surface area contributed by atoms with Crippen molar-refractivity contribution in [1.82, 2.24) is 15.0 Å². The van der Waals surface area contributed by atoms with Crippen LogP contribution in [0.4, 0.5) is 11.6 Å². The van der Waals surface area contributed by atoms with E-state index in [0.717, 1.165) is 53.9 Å². The molecule has 1 saturated heterocycles. The average Bonchev–Trinajstić information content (AvgIpc) is 3.29. The van der Waals surface area contributed by atoms with Gasteiger partial charge in [-0.05, 0) is 37.1 Å². The van der Waals surface area contributed by atoms with Gasteiger partial charge >= 0.3 is 0 Å². The molecule has 11 heteroatoms. The zero-order valence-electron chi connectivity index (χ0n) is 16.6. The summed E-state index contributed by atoms with van der Waals surface area (Å²) in [6.07, 6.45) is 6.25. The molecule has 31 heavy (non-hydrogen) atoms. The number of anilines is 2. The van der Waals surface area contributed by atoms with Crippen LogP contribution in [0, 0.1) is 10.9 Å². The van der Waals surface area contributed by atoms with Crippen molar-refractivity contribution in [3.8, 4) is 5.75 Å². The van der Waals surface area contributed by atoms with Crippen molar-refractivity contribution >= 4 is 40.9 Å². The monoisotopic (exact) mass is 456 g/mol. The molecule has 2 aromatic heterocycles. The third kappa shape index (κ3) is 5.15. The highest BCUT2D eigenvalue weighted by Crippen LogP contribution is 2.31. The third-order valence-corrected chi connectivity index (χ3v) is 6.27. The predicted molar refractivity (Wildman–Crippen MR) is 121 cm³/mol. The number of rotatable bonds is 8.